The van der Waals surface area contributed by atoms with E-state index in [0.717, 1.165) is 44.6 Å². The molecule has 1 aromatic carbocycles. The normalized spacial score (nSPS) is 18.9. The highest BCUT2D eigenvalue weighted by Gasteiger charge is 2.18. The van der Waals surface area contributed by atoms with Gasteiger partial charge in [0.15, 0.2) is 17.5 Å². The van der Waals surface area contributed by atoms with Crippen LogP contribution in [0.15, 0.2) is 12.1 Å². The van der Waals surface area contributed by atoms with Crippen molar-refractivity contribution in [2.75, 3.05) is 19.6 Å². The van der Waals surface area contributed by atoms with Gasteiger partial charge >= 0.3 is 0 Å². The molecule has 0 radical (unpaired) electrons. The Morgan fingerprint density at radius 2 is 1.95 bits per heavy atom. The molecule has 1 aliphatic rings. The molecule has 1 atom stereocenters. The van der Waals surface area contributed by atoms with E-state index in [9.17, 15) is 13.2 Å². The van der Waals surface area contributed by atoms with Crippen LogP contribution in [0.2, 0.25) is 0 Å². The van der Waals surface area contributed by atoms with Crippen molar-refractivity contribution >= 4 is 0 Å². The summed E-state index contributed by atoms with van der Waals surface area (Å²) in [5, 5.41) is 3.41. The zero-order chi connectivity index (χ0) is 14.5. The van der Waals surface area contributed by atoms with Crippen LogP contribution in [0, 0.1) is 17.5 Å². The smallest absolute Gasteiger partial charge is 0.194 e. The Morgan fingerprint density at radius 1 is 1.25 bits per heavy atom. The highest BCUT2D eigenvalue weighted by molar-refractivity contribution is 5.19. The molecule has 0 aromatic heterocycles. The summed E-state index contributed by atoms with van der Waals surface area (Å²) in [6, 6.07) is 2.61. The third-order valence-electron chi connectivity index (χ3n) is 3.63. The van der Waals surface area contributed by atoms with Gasteiger partial charge in [0.25, 0.3) is 0 Å². The minimum atomic E-state index is -1.40. The average Bonchev–Trinajstić information content (AvgIpc) is 2.89. The summed E-state index contributed by atoms with van der Waals surface area (Å²) in [6.45, 7) is 5.26. The van der Waals surface area contributed by atoms with Crippen LogP contribution in [0.25, 0.3) is 0 Å². The van der Waals surface area contributed by atoms with E-state index in [0.29, 0.717) is 18.2 Å². The Kier molecular flexibility index (Phi) is 5.43. The fourth-order valence-corrected chi connectivity index (χ4v) is 2.73. The van der Waals surface area contributed by atoms with Gasteiger partial charge in [-0.2, -0.15) is 0 Å². The highest BCUT2D eigenvalue weighted by atomic mass is 19.2. The average molecular weight is 286 g/mol. The Hall–Kier alpha value is -1.07. The summed E-state index contributed by atoms with van der Waals surface area (Å²) in [5.41, 5.74) is 0.479. The first kappa shape index (κ1) is 15.3. The second kappa shape index (κ2) is 7.09. The molecule has 1 fully saturated rings. The van der Waals surface area contributed by atoms with Crippen LogP contribution in [0.3, 0.4) is 0 Å². The maximum absolute atomic E-state index is 13.2. The predicted molar refractivity (Wildman–Crippen MR) is 72.9 cm³/mol. The van der Waals surface area contributed by atoms with E-state index >= 15 is 0 Å². The number of rotatable bonds is 6. The van der Waals surface area contributed by atoms with Crippen LogP contribution in [0.1, 0.15) is 31.7 Å². The molecular weight excluding hydrogens is 265 g/mol. The minimum absolute atomic E-state index is 0.441. The van der Waals surface area contributed by atoms with Gasteiger partial charge in [-0.1, -0.05) is 6.92 Å². The van der Waals surface area contributed by atoms with Gasteiger partial charge < -0.3 is 5.32 Å². The topological polar surface area (TPSA) is 15.3 Å². The molecular formula is C15H21F3N2. The molecule has 1 heterocycles. The standard InChI is InChI=1S/C15H21F3N2/c1-2-6-20(10-12-4-3-5-19-12)9-11-7-13(16)15(18)14(17)8-11/h7-8,12,19H,2-6,9-10H2,1H3. The molecule has 1 aromatic rings. The molecule has 1 N–H and O–H groups in total. The van der Waals surface area contributed by atoms with Gasteiger partial charge in [0, 0.05) is 19.1 Å². The van der Waals surface area contributed by atoms with Crippen LogP contribution >= 0.6 is 0 Å². The van der Waals surface area contributed by atoms with Crippen LogP contribution in [0.4, 0.5) is 13.2 Å². The number of hydrogen-bond acceptors (Lipinski definition) is 2. The summed E-state index contributed by atoms with van der Waals surface area (Å²) in [7, 11) is 0. The summed E-state index contributed by atoms with van der Waals surface area (Å²) in [6.07, 6.45) is 3.27. The zero-order valence-electron chi connectivity index (χ0n) is 11.8. The summed E-state index contributed by atoms with van der Waals surface area (Å²) in [5.74, 6) is -3.63. The van der Waals surface area contributed by atoms with Gasteiger partial charge in [-0.3, -0.25) is 4.90 Å². The molecule has 0 aliphatic carbocycles. The number of nitrogens with zero attached hydrogens (tertiary/aromatic N) is 1. The molecule has 0 amide bonds. The predicted octanol–water partition coefficient (Wildman–Crippen LogP) is 3.07. The van der Waals surface area contributed by atoms with E-state index in [4.69, 9.17) is 0 Å². The van der Waals surface area contributed by atoms with E-state index in [2.05, 4.69) is 17.1 Å². The molecule has 20 heavy (non-hydrogen) atoms. The van der Waals surface area contributed by atoms with Crippen LogP contribution < -0.4 is 5.32 Å². The molecule has 5 heteroatoms. The van der Waals surface area contributed by atoms with Crippen molar-refractivity contribution in [3.63, 3.8) is 0 Å². The lowest BCUT2D eigenvalue weighted by Gasteiger charge is -2.25. The highest BCUT2D eigenvalue weighted by Crippen LogP contribution is 2.16. The van der Waals surface area contributed by atoms with Gasteiger partial charge in [0.05, 0.1) is 0 Å². The van der Waals surface area contributed by atoms with Crippen LogP contribution in [-0.2, 0) is 6.54 Å². The van der Waals surface area contributed by atoms with Crippen LogP contribution in [0.5, 0.6) is 0 Å². The third-order valence-corrected chi connectivity index (χ3v) is 3.63. The van der Waals surface area contributed by atoms with Crippen molar-refractivity contribution in [3.05, 3.63) is 35.1 Å². The molecule has 0 bridgehead atoms. The molecule has 2 nitrogen and oxygen atoms in total. The molecule has 1 aliphatic heterocycles. The summed E-state index contributed by atoms with van der Waals surface area (Å²) < 4.78 is 39.4. The largest absolute Gasteiger partial charge is 0.313 e. The molecule has 2 rings (SSSR count). The fraction of sp³-hybridized carbons (Fsp3) is 0.600. The Labute approximate surface area is 118 Å². The van der Waals surface area contributed by atoms with Crippen LogP contribution in [-0.4, -0.2) is 30.6 Å². The van der Waals surface area contributed by atoms with Gasteiger partial charge in [0.2, 0.25) is 0 Å². The van der Waals surface area contributed by atoms with Gasteiger partial charge in [-0.15, -0.1) is 0 Å². The van der Waals surface area contributed by atoms with E-state index in [1.807, 2.05) is 0 Å². The number of nitrogens with one attached hydrogen (secondary N) is 1. The molecule has 0 spiro atoms. The Morgan fingerprint density at radius 3 is 2.50 bits per heavy atom. The van der Waals surface area contributed by atoms with Gasteiger partial charge in [-0.05, 0) is 50.0 Å². The van der Waals surface area contributed by atoms with Gasteiger partial charge in [-0.25, -0.2) is 13.2 Å². The van der Waals surface area contributed by atoms with Crippen molar-refractivity contribution in [2.45, 2.75) is 38.8 Å². The second-order valence-corrected chi connectivity index (χ2v) is 5.40. The number of hydrogen-bond donors (Lipinski definition) is 1. The minimum Gasteiger partial charge on any atom is -0.313 e. The van der Waals surface area contributed by atoms with E-state index in [1.54, 1.807) is 0 Å². The molecule has 1 saturated heterocycles. The lowest BCUT2D eigenvalue weighted by molar-refractivity contribution is 0.240. The molecule has 112 valence electrons. The second-order valence-electron chi connectivity index (χ2n) is 5.40. The van der Waals surface area contributed by atoms with E-state index in [1.165, 1.54) is 6.42 Å². The summed E-state index contributed by atoms with van der Waals surface area (Å²) in [4.78, 5) is 2.16. The maximum atomic E-state index is 13.2. The first-order valence-electron chi connectivity index (χ1n) is 7.19. The van der Waals surface area contributed by atoms with E-state index < -0.39 is 17.5 Å². The SMILES string of the molecule is CCCN(Cc1cc(F)c(F)c(F)c1)CC1CCCN1. The lowest BCUT2D eigenvalue weighted by atomic mass is 10.1. The quantitative estimate of drug-likeness (QED) is 0.809. The molecule has 0 saturated carbocycles. The fourth-order valence-electron chi connectivity index (χ4n) is 2.73. The van der Waals surface area contributed by atoms with Crippen molar-refractivity contribution in [1.82, 2.24) is 10.2 Å². The van der Waals surface area contributed by atoms with Crippen molar-refractivity contribution < 1.29 is 13.2 Å². The van der Waals surface area contributed by atoms with Crippen molar-refractivity contribution in [1.29, 1.82) is 0 Å². The summed E-state index contributed by atoms with van der Waals surface area (Å²) >= 11 is 0. The van der Waals surface area contributed by atoms with Crippen molar-refractivity contribution in [2.24, 2.45) is 0 Å². The number of benzene rings is 1. The van der Waals surface area contributed by atoms with Gasteiger partial charge in [0.1, 0.15) is 0 Å². The van der Waals surface area contributed by atoms with E-state index in [-0.39, 0.29) is 0 Å². The Balaban J connectivity index is 2.03. The maximum Gasteiger partial charge on any atom is 0.194 e. The molecule has 1 unspecified atom stereocenters. The third kappa shape index (κ3) is 3.96. The first-order chi connectivity index (χ1) is 9.60. The monoisotopic (exact) mass is 286 g/mol. The zero-order valence-corrected chi connectivity index (χ0v) is 11.8. The van der Waals surface area contributed by atoms with Crippen molar-refractivity contribution in [3.8, 4) is 0 Å². The number of halogens is 3. The Bertz CT molecular complexity index is 422. The lowest BCUT2D eigenvalue weighted by Crippen LogP contribution is -2.37. The first-order valence-corrected chi connectivity index (χ1v) is 7.19.